The topological polar surface area (TPSA) is 61.0 Å². The van der Waals surface area contributed by atoms with Crippen molar-refractivity contribution in [1.82, 2.24) is 20.4 Å². The summed E-state index contributed by atoms with van der Waals surface area (Å²) in [6, 6.07) is 13.0. The molecule has 2 N–H and O–H groups in total. The van der Waals surface area contributed by atoms with E-state index in [4.69, 9.17) is 0 Å². The summed E-state index contributed by atoms with van der Waals surface area (Å²) in [5.41, 5.74) is 2.61. The number of aromatic nitrogens is 2. The Bertz CT molecular complexity index is 1140. The van der Waals surface area contributed by atoms with E-state index in [2.05, 4.69) is 20.4 Å². The fourth-order valence-corrected chi connectivity index (χ4v) is 5.40. The third kappa shape index (κ3) is 5.72. The number of piperidine rings is 1. The van der Waals surface area contributed by atoms with Crippen LogP contribution in [0.1, 0.15) is 24.1 Å². The van der Waals surface area contributed by atoms with Crippen LogP contribution in [0, 0.1) is 11.7 Å². The van der Waals surface area contributed by atoms with E-state index in [0.717, 1.165) is 66.0 Å². The van der Waals surface area contributed by atoms with Gasteiger partial charge in [-0.05, 0) is 68.1 Å². The third-order valence-electron chi connectivity index (χ3n) is 6.20. The molecule has 1 fully saturated rings. The van der Waals surface area contributed by atoms with Crippen molar-refractivity contribution < 1.29 is 9.18 Å². The van der Waals surface area contributed by atoms with Crippen LogP contribution in [0.5, 0.6) is 0 Å². The van der Waals surface area contributed by atoms with Crippen LogP contribution in [0.15, 0.2) is 52.3 Å². The van der Waals surface area contributed by atoms with E-state index < -0.39 is 0 Å². The summed E-state index contributed by atoms with van der Waals surface area (Å²) in [5.74, 6) is 0.340. The van der Waals surface area contributed by atoms with Crippen LogP contribution in [-0.4, -0.2) is 47.2 Å². The Labute approximate surface area is 209 Å². The largest absolute Gasteiger partial charge is 0.351 e. The second-order valence-corrected chi connectivity index (χ2v) is 9.32. The SMILES string of the molecule is Cl.Cl.O=C(NCC1CCN(CCc2ccccc2F)CC1)C1=Cc2[nH]nc3cccc(c23)S1. The van der Waals surface area contributed by atoms with Crippen molar-refractivity contribution in [2.75, 3.05) is 26.2 Å². The van der Waals surface area contributed by atoms with Crippen LogP contribution < -0.4 is 5.32 Å². The van der Waals surface area contributed by atoms with Gasteiger partial charge in [0.1, 0.15) is 5.82 Å². The number of nitrogens with one attached hydrogen (secondary N) is 2. The van der Waals surface area contributed by atoms with Gasteiger partial charge in [0.25, 0.3) is 5.91 Å². The van der Waals surface area contributed by atoms with E-state index in [9.17, 15) is 9.18 Å². The van der Waals surface area contributed by atoms with Gasteiger partial charge in [-0.2, -0.15) is 5.10 Å². The molecule has 2 aromatic carbocycles. The highest BCUT2D eigenvalue weighted by Gasteiger charge is 2.23. The molecule has 0 bridgehead atoms. The lowest BCUT2D eigenvalue weighted by molar-refractivity contribution is -0.117. The standard InChI is InChI=1S/C24H25FN4OS.2ClH/c25-18-5-2-1-4-17(18)10-13-29-11-8-16(9-12-29)15-26-24(30)22-14-20-23-19(27-28-20)6-3-7-21(23)31-22;;/h1-7,14,16H,8-13,15H2,(H,26,30)(H,27,28);2*1H. The molecule has 9 heteroatoms. The molecule has 0 radical (unpaired) electrons. The van der Waals surface area contributed by atoms with Crippen molar-refractivity contribution in [3.63, 3.8) is 0 Å². The lowest BCUT2D eigenvalue weighted by atomic mass is 9.96. The highest BCUT2D eigenvalue weighted by molar-refractivity contribution is 8.04. The summed E-state index contributed by atoms with van der Waals surface area (Å²) in [6.45, 7) is 3.55. The molecule has 33 heavy (non-hydrogen) atoms. The molecule has 0 saturated carbocycles. The van der Waals surface area contributed by atoms with E-state index in [0.29, 0.717) is 17.4 Å². The molecule has 0 spiro atoms. The van der Waals surface area contributed by atoms with E-state index in [1.807, 2.05) is 36.4 Å². The van der Waals surface area contributed by atoms with Gasteiger partial charge in [-0.3, -0.25) is 9.89 Å². The van der Waals surface area contributed by atoms with Crippen LogP contribution in [0.3, 0.4) is 0 Å². The monoisotopic (exact) mass is 508 g/mol. The first kappa shape index (κ1) is 25.6. The summed E-state index contributed by atoms with van der Waals surface area (Å²) in [4.78, 5) is 16.9. The van der Waals surface area contributed by atoms with E-state index in [1.54, 1.807) is 6.07 Å². The number of amides is 1. The molecular weight excluding hydrogens is 482 g/mol. The van der Waals surface area contributed by atoms with Gasteiger partial charge < -0.3 is 10.2 Å². The molecule has 5 nitrogen and oxygen atoms in total. The maximum atomic E-state index is 13.8. The van der Waals surface area contributed by atoms with Gasteiger partial charge in [0, 0.05) is 23.4 Å². The quantitative estimate of drug-likeness (QED) is 0.488. The number of hydrogen-bond acceptors (Lipinski definition) is 4. The van der Waals surface area contributed by atoms with Crippen molar-refractivity contribution in [3.8, 4) is 0 Å². The van der Waals surface area contributed by atoms with Crippen LogP contribution in [0.2, 0.25) is 0 Å². The molecule has 1 amide bonds. The number of carbonyl (C=O) groups is 1. The molecule has 0 atom stereocenters. The number of hydrogen-bond donors (Lipinski definition) is 2. The Morgan fingerprint density at radius 1 is 1.15 bits per heavy atom. The number of H-pyrrole nitrogens is 1. The number of benzene rings is 2. The molecule has 0 aliphatic carbocycles. The molecule has 176 valence electrons. The number of carbonyl (C=O) groups excluding carboxylic acids is 1. The normalized spacial score (nSPS) is 16.0. The Hall–Kier alpha value is -2.06. The minimum absolute atomic E-state index is 0. The summed E-state index contributed by atoms with van der Waals surface area (Å²) >= 11 is 1.51. The smallest absolute Gasteiger partial charge is 0.258 e. The van der Waals surface area contributed by atoms with Crippen molar-refractivity contribution >= 4 is 59.5 Å². The molecule has 1 aromatic heterocycles. The zero-order valence-electron chi connectivity index (χ0n) is 18.1. The van der Waals surface area contributed by atoms with Crippen LogP contribution in [0.25, 0.3) is 17.0 Å². The number of nitrogens with zero attached hydrogens (tertiary/aromatic N) is 2. The predicted molar refractivity (Wildman–Crippen MR) is 137 cm³/mol. The fraction of sp³-hybridized carbons (Fsp3) is 0.333. The van der Waals surface area contributed by atoms with Crippen molar-refractivity contribution in [2.24, 2.45) is 5.92 Å². The first-order chi connectivity index (χ1) is 15.2. The van der Waals surface area contributed by atoms with Gasteiger partial charge in [0.2, 0.25) is 0 Å². The lowest BCUT2D eigenvalue weighted by Gasteiger charge is -2.32. The Kier molecular flexibility index (Phi) is 8.82. The average molecular weight is 509 g/mol. The van der Waals surface area contributed by atoms with Crippen molar-refractivity contribution in [2.45, 2.75) is 24.2 Å². The Morgan fingerprint density at radius 3 is 2.73 bits per heavy atom. The Balaban J connectivity index is 0.00000153. The first-order valence-electron chi connectivity index (χ1n) is 10.8. The number of halogens is 3. The Morgan fingerprint density at radius 2 is 1.94 bits per heavy atom. The molecule has 3 aromatic rings. The summed E-state index contributed by atoms with van der Waals surface area (Å²) in [6.07, 6.45) is 4.73. The van der Waals surface area contributed by atoms with Gasteiger partial charge in [-0.1, -0.05) is 36.0 Å². The zero-order valence-corrected chi connectivity index (χ0v) is 20.5. The molecule has 3 heterocycles. The minimum atomic E-state index is -0.117. The summed E-state index contributed by atoms with van der Waals surface area (Å²) < 4.78 is 13.8. The second kappa shape index (κ2) is 11.4. The second-order valence-electron chi connectivity index (χ2n) is 8.23. The van der Waals surface area contributed by atoms with Gasteiger partial charge in [0.05, 0.1) is 16.1 Å². The fourth-order valence-electron chi connectivity index (χ4n) is 4.36. The van der Waals surface area contributed by atoms with Crippen LogP contribution in [0.4, 0.5) is 4.39 Å². The van der Waals surface area contributed by atoms with Gasteiger partial charge in [-0.15, -0.1) is 24.8 Å². The number of thioether (sulfide) groups is 1. The first-order valence-corrected chi connectivity index (χ1v) is 11.6. The average Bonchev–Trinajstić information content (AvgIpc) is 3.22. The molecule has 0 unspecified atom stereocenters. The maximum absolute atomic E-state index is 13.8. The molecule has 1 saturated heterocycles. The molecule has 5 rings (SSSR count). The maximum Gasteiger partial charge on any atom is 0.258 e. The highest BCUT2D eigenvalue weighted by Crippen LogP contribution is 2.39. The predicted octanol–water partition coefficient (Wildman–Crippen LogP) is 5.06. The van der Waals surface area contributed by atoms with Gasteiger partial charge in [0.15, 0.2) is 0 Å². The number of likely N-dealkylation sites (tertiary alicyclic amines) is 1. The molecular formula is C24H27Cl2FN4OS. The van der Waals surface area contributed by atoms with Crippen LogP contribution in [-0.2, 0) is 11.2 Å². The summed E-state index contributed by atoms with van der Waals surface area (Å²) in [5, 5.41) is 11.6. The van der Waals surface area contributed by atoms with Gasteiger partial charge in [-0.25, -0.2) is 4.39 Å². The molecule has 2 aliphatic rings. The third-order valence-corrected chi connectivity index (χ3v) is 7.29. The van der Waals surface area contributed by atoms with Gasteiger partial charge >= 0.3 is 0 Å². The molecule has 2 aliphatic heterocycles. The van der Waals surface area contributed by atoms with E-state index in [1.165, 1.54) is 17.8 Å². The van der Waals surface area contributed by atoms with Crippen LogP contribution >= 0.6 is 36.6 Å². The van der Waals surface area contributed by atoms with E-state index >= 15 is 0 Å². The van der Waals surface area contributed by atoms with E-state index in [-0.39, 0.29) is 36.5 Å². The number of rotatable bonds is 6. The number of aromatic amines is 1. The van der Waals surface area contributed by atoms with Crippen molar-refractivity contribution in [3.05, 3.63) is 64.4 Å². The summed E-state index contributed by atoms with van der Waals surface area (Å²) in [7, 11) is 0. The zero-order chi connectivity index (χ0) is 21.2. The highest BCUT2D eigenvalue weighted by atomic mass is 35.5. The minimum Gasteiger partial charge on any atom is -0.351 e. The lowest BCUT2D eigenvalue weighted by Crippen LogP contribution is -2.39. The van der Waals surface area contributed by atoms with Crippen molar-refractivity contribution in [1.29, 1.82) is 0 Å².